The van der Waals surface area contributed by atoms with Gasteiger partial charge in [0.25, 0.3) is 0 Å². The SMILES string of the molecule is CN1CCN(c2ccc(-c3cccc(NC(=O)C(c4ccccc4)c4ccccc4)c3)nn2)CC1. The first kappa shape index (κ1) is 22.7. The van der Waals surface area contributed by atoms with Crippen LogP contribution in [-0.4, -0.2) is 54.2 Å². The summed E-state index contributed by atoms with van der Waals surface area (Å²) in [6.07, 6.45) is 0. The van der Waals surface area contributed by atoms with E-state index in [0.717, 1.165) is 60.1 Å². The molecule has 0 spiro atoms. The molecular formula is C29H29N5O. The molecule has 35 heavy (non-hydrogen) atoms. The highest BCUT2D eigenvalue weighted by Gasteiger charge is 2.23. The Hall–Kier alpha value is -4.03. The predicted octanol–water partition coefficient (Wildman–Crippen LogP) is 4.67. The Balaban J connectivity index is 1.34. The Morgan fingerprint density at radius 3 is 2.03 bits per heavy atom. The van der Waals surface area contributed by atoms with Gasteiger partial charge in [-0.3, -0.25) is 4.79 Å². The van der Waals surface area contributed by atoms with Crippen molar-refractivity contribution in [2.24, 2.45) is 0 Å². The number of amides is 1. The van der Waals surface area contributed by atoms with E-state index in [1.165, 1.54) is 0 Å². The second-order valence-corrected chi connectivity index (χ2v) is 8.89. The van der Waals surface area contributed by atoms with E-state index >= 15 is 0 Å². The predicted molar refractivity (Wildman–Crippen MR) is 141 cm³/mol. The molecule has 0 bridgehead atoms. The van der Waals surface area contributed by atoms with E-state index in [1.807, 2.05) is 97.1 Å². The molecule has 1 aliphatic rings. The maximum atomic E-state index is 13.5. The summed E-state index contributed by atoms with van der Waals surface area (Å²) < 4.78 is 0. The quantitative estimate of drug-likeness (QED) is 0.450. The fourth-order valence-corrected chi connectivity index (χ4v) is 4.44. The number of benzene rings is 3. The van der Waals surface area contributed by atoms with Gasteiger partial charge in [0.2, 0.25) is 5.91 Å². The summed E-state index contributed by atoms with van der Waals surface area (Å²) in [7, 11) is 2.14. The lowest BCUT2D eigenvalue weighted by atomic mass is 9.90. The van der Waals surface area contributed by atoms with Crippen LogP contribution in [0.25, 0.3) is 11.3 Å². The molecule has 176 valence electrons. The molecular weight excluding hydrogens is 434 g/mol. The number of hydrogen-bond donors (Lipinski definition) is 1. The number of piperazine rings is 1. The zero-order chi connectivity index (χ0) is 24.0. The number of carbonyl (C=O) groups is 1. The lowest BCUT2D eigenvalue weighted by molar-refractivity contribution is -0.116. The number of nitrogens with zero attached hydrogens (tertiary/aromatic N) is 4. The van der Waals surface area contributed by atoms with E-state index in [0.29, 0.717) is 0 Å². The molecule has 6 nitrogen and oxygen atoms in total. The fraction of sp³-hybridized carbons (Fsp3) is 0.207. The van der Waals surface area contributed by atoms with Crippen molar-refractivity contribution in [1.29, 1.82) is 0 Å². The van der Waals surface area contributed by atoms with Crippen LogP contribution in [0.3, 0.4) is 0 Å². The van der Waals surface area contributed by atoms with Gasteiger partial charge in [-0.25, -0.2) is 0 Å². The van der Waals surface area contributed by atoms with Crippen molar-refractivity contribution in [1.82, 2.24) is 15.1 Å². The second-order valence-electron chi connectivity index (χ2n) is 8.89. The van der Waals surface area contributed by atoms with Crippen LogP contribution in [0.1, 0.15) is 17.0 Å². The molecule has 2 heterocycles. The van der Waals surface area contributed by atoms with E-state index < -0.39 is 5.92 Å². The molecule has 0 aliphatic carbocycles. The van der Waals surface area contributed by atoms with Gasteiger partial charge in [-0.2, -0.15) is 0 Å². The van der Waals surface area contributed by atoms with Crippen LogP contribution in [0, 0.1) is 0 Å². The van der Waals surface area contributed by atoms with E-state index in [1.54, 1.807) is 0 Å². The van der Waals surface area contributed by atoms with Crippen LogP contribution in [-0.2, 0) is 4.79 Å². The van der Waals surface area contributed by atoms with E-state index in [4.69, 9.17) is 0 Å². The number of anilines is 2. The minimum atomic E-state index is -0.399. The van der Waals surface area contributed by atoms with Crippen molar-refractivity contribution in [3.8, 4) is 11.3 Å². The Labute approximate surface area is 206 Å². The molecule has 1 saturated heterocycles. The van der Waals surface area contributed by atoms with Crippen molar-refractivity contribution in [3.63, 3.8) is 0 Å². The minimum absolute atomic E-state index is 0.0731. The van der Waals surface area contributed by atoms with Gasteiger partial charge in [0.05, 0.1) is 11.6 Å². The molecule has 0 radical (unpaired) electrons. The zero-order valence-electron chi connectivity index (χ0n) is 19.8. The highest BCUT2D eigenvalue weighted by Crippen LogP contribution is 2.28. The van der Waals surface area contributed by atoms with E-state index in [2.05, 4.69) is 32.4 Å². The smallest absolute Gasteiger partial charge is 0.236 e. The van der Waals surface area contributed by atoms with Gasteiger partial charge in [0, 0.05) is 37.4 Å². The number of hydrogen-bond acceptors (Lipinski definition) is 5. The van der Waals surface area contributed by atoms with Crippen molar-refractivity contribution < 1.29 is 4.79 Å². The molecule has 1 N–H and O–H groups in total. The summed E-state index contributed by atoms with van der Waals surface area (Å²) >= 11 is 0. The summed E-state index contributed by atoms with van der Waals surface area (Å²) in [6.45, 7) is 3.96. The lowest BCUT2D eigenvalue weighted by Crippen LogP contribution is -2.44. The molecule has 1 aromatic heterocycles. The van der Waals surface area contributed by atoms with E-state index in [9.17, 15) is 4.79 Å². The molecule has 3 aromatic carbocycles. The molecule has 1 amide bonds. The third kappa shape index (κ3) is 5.39. The summed E-state index contributed by atoms with van der Waals surface area (Å²) in [5, 5.41) is 12.1. The highest BCUT2D eigenvalue weighted by atomic mass is 16.1. The standard InChI is InChI=1S/C29H29N5O/c1-33-17-19-34(20-18-33)27-16-15-26(31-32-27)24-13-8-14-25(21-24)30-29(35)28(22-9-4-2-5-10-22)23-11-6-3-7-12-23/h2-16,21,28H,17-20H2,1H3,(H,30,35). The Morgan fingerprint density at radius 1 is 0.771 bits per heavy atom. The van der Waals surface area contributed by atoms with Crippen molar-refractivity contribution >= 4 is 17.4 Å². The molecule has 1 fully saturated rings. The van der Waals surface area contributed by atoms with Crippen molar-refractivity contribution in [2.45, 2.75) is 5.92 Å². The number of carbonyl (C=O) groups excluding carboxylic acids is 1. The monoisotopic (exact) mass is 463 g/mol. The van der Waals surface area contributed by atoms with Gasteiger partial charge in [0.1, 0.15) is 0 Å². The zero-order valence-corrected chi connectivity index (χ0v) is 19.8. The van der Waals surface area contributed by atoms with Gasteiger partial charge in [-0.15, -0.1) is 10.2 Å². The average molecular weight is 464 g/mol. The van der Waals surface area contributed by atoms with Crippen LogP contribution in [0.5, 0.6) is 0 Å². The topological polar surface area (TPSA) is 61.4 Å². The second kappa shape index (κ2) is 10.5. The summed E-state index contributed by atoms with van der Waals surface area (Å²) in [5.74, 6) is 0.430. The molecule has 0 atom stereocenters. The van der Waals surface area contributed by atoms with Crippen LogP contribution >= 0.6 is 0 Å². The van der Waals surface area contributed by atoms with Gasteiger partial charge in [-0.1, -0.05) is 72.8 Å². The fourth-order valence-electron chi connectivity index (χ4n) is 4.44. The average Bonchev–Trinajstić information content (AvgIpc) is 2.91. The van der Waals surface area contributed by atoms with Crippen LogP contribution < -0.4 is 10.2 Å². The maximum Gasteiger partial charge on any atom is 0.236 e. The molecule has 5 rings (SSSR count). The minimum Gasteiger partial charge on any atom is -0.353 e. The summed E-state index contributed by atoms with van der Waals surface area (Å²) in [5.41, 5.74) is 4.34. The Kier molecular flexibility index (Phi) is 6.82. The molecule has 0 saturated carbocycles. The van der Waals surface area contributed by atoms with Gasteiger partial charge in [-0.05, 0) is 42.4 Å². The molecule has 0 unspecified atom stereocenters. The first-order chi connectivity index (χ1) is 17.2. The van der Waals surface area contributed by atoms with Crippen LogP contribution in [0.4, 0.5) is 11.5 Å². The van der Waals surface area contributed by atoms with Gasteiger partial charge >= 0.3 is 0 Å². The molecule has 6 heteroatoms. The number of nitrogens with one attached hydrogen (secondary N) is 1. The van der Waals surface area contributed by atoms with Crippen LogP contribution in [0.15, 0.2) is 97.1 Å². The highest BCUT2D eigenvalue weighted by molar-refractivity contribution is 5.98. The molecule has 4 aromatic rings. The number of aromatic nitrogens is 2. The number of likely N-dealkylation sites (N-methyl/N-ethyl adjacent to an activating group) is 1. The van der Waals surface area contributed by atoms with Crippen molar-refractivity contribution in [2.75, 3.05) is 43.4 Å². The van der Waals surface area contributed by atoms with Gasteiger partial charge in [0.15, 0.2) is 5.82 Å². The number of rotatable bonds is 6. The molecule has 1 aliphatic heterocycles. The first-order valence-electron chi connectivity index (χ1n) is 12.0. The van der Waals surface area contributed by atoms with Crippen molar-refractivity contribution in [3.05, 3.63) is 108 Å². The Bertz CT molecular complexity index is 1210. The van der Waals surface area contributed by atoms with Gasteiger partial charge < -0.3 is 15.1 Å². The first-order valence-corrected chi connectivity index (χ1v) is 12.0. The maximum absolute atomic E-state index is 13.5. The normalized spacial score (nSPS) is 14.2. The summed E-state index contributed by atoms with van der Waals surface area (Å²) in [4.78, 5) is 18.0. The third-order valence-corrected chi connectivity index (χ3v) is 6.43. The Morgan fingerprint density at radius 2 is 1.43 bits per heavy atom. The third-order valence-electron chi connectivity index (χ3n) is 6.43. The van der Waals surface area contributed by atoms with Crippen LogP contribution in [0.2, 0.25) is 0 Å². The van der Waals surface area contributed by atoms with E-state index in [-0.39, 0.29) is 5.91 Å². The largest absolute Gasteiger partial charge is 0.353 e. The summed E-state index contributed by atoms with van der Waals surface area (Å²) in [6, 6.07) is 31.5. The lowest BCUT2D eigenvalue weighted by Gasteiger charge is -2.32.